The van der Waals surface area contributed by atoms with Crippen molar-refractivity contribution >= 4 is 12.1 Å². The zero-order chi connectivity index (χ0) is 19.2. The highest BCUT2D eigenvalue weighted by molar-refractivity contribution is 5.83. The molecule has 1 amide bonds. The van der Waals surface area contributed by atoms with Crippen LogP contribution in [0.3, 0.4) is 0 Å². The molecule has 1 N–H and O–H groups in total. The number of amides is 1. The van der Waals surface area contributed by atoms with Crippen LogP contribution in [0.5, 0.6) is 5.75 Å². The van der Waals surface area contributed by atoms with Crippen molar-refractivity contribution in [2.75, 3.05) is 6.61 Å². The summed E-state index contributed by atoms with van der Waals surface area (Å²) >= 11 is 0. The molecular weight excluding hydrogens is 324 g/mol. The zero-order valence-electron chi connectivity index (χ0n) is 16.2. The van der Waals surface area contributed by atoms with Gasteiger partial charge in [0, 0.05) is 0 Å². The van der Waals surface area contributed by atoms with E-state index in [2.05, 4.69) is 57.3 Å². The lowest BCUT2D eigenvalue weighted by atomic mass is 9.86. The van der Waals surface area contributed by atoms with Gasteiger partial charge in [0.05, 0.1) is 6.21 Å². The van der Waals surface area contributed by atoms with Gasteiger partial charge in [0.2, 0.25) is 0 Å². The second kappa shape index (κ2) is 8.65. The normalized spacial score (nSPS) is 11.8. The van der Waals surface area contributed by atoms with Gasteiger partial charge in [-0.05, 0) is 34.1 Å². The van der Waals surface area contributed by atoms with Gasteiger partial charge in [0.15, 0.2) is 6.61 Å². The molecule has 2 rings (SSSR count). The number of hydrazone groups is 1. The minimum atomic E-state index is -0.288. The Morgan fingerprint density at radius 3 is 2.38 bits per heavy atom. The summed E-state index contributed by atoms with van der Waals surface area (Å²) in [6.45, 7) is 10.6. The highest BCUT2D eigenvalue weighted by atomic mass is 16.5. The molecule has 0 saturated carbocycles. The summed E-state index contributed by atoms with van der Waals surface area (Å²) in [6, 6.07) is 15.9. The van der Waals surface area contributed by atoms with E-state index in [1.165, 1.54) is 5.56 Å². The fourth-order valence-electron chi connectivity index (χ4n) is 2.53. The first-order valence-electron chi connectivity index (χ1n) is 8.91. The van der Waals surface area contributed by atoms with Gasteiger partial charge in [-0.3, -0.25) is 4.79 Å². The van der Waals surface area contributed by atoms with E-state index in [0.29, 0.717) is 5.92 Å². The third kappa shape index (κ3) is 5.73. The minimum Gasteiger partial charge on any atom is -0.483 e. The number of hydrogen-bond acceptors (Lipinski definition) is 3. The van der Waals surface area contributed by atoms with Gasteiger partial charge in [0.25, 0.3) is 5.91 Å². The SMILES string of the molecule is CC(C)c1ccc(C=NNC(=O)COc2ccccc2C(C)(C)C)cc1. The van der Waals surface area contributed by atoms with Crippen molar-refractivity contribution in [1.82, 2.24) is 5.43 Å². The van der Waals surface area contributed by atoms with Gasteiger partial charge in [0.1, 0.15) is 5.75 Å². The van der Waals surface area contributed by atoms with E-state index in [-0.39, 0.29) is 17.9 Å². The first-order chi connectivity index (χ1) is 12.3. The van der Waals surface area contributed by atoms with Crippen molar-refractivity contribution in [3.05, 3.63) is 65.2 Å². The van der Waals surface area contributed by atoms with Gasteiger partial charge < -0.3 is 4.74 Å². The van der Waals surface area contributed by atoms with E-state index in [0.717, 1.165) is 16.9 Å². The molecule has 0 radical (unpaired) electrons. The molecule has 0 aliphatic rings. The van der Waals surface area contributed by atoms with Gasteiger partial charge in [-0.2, -0.15) is 5.10 Å². The molecular formula is C22H28N2O2. The Morgan fingerprint density at radius 1 is 1.12 bits per heavy atom. The Labute approximate surface area is 156 Å². The van der Waals surface area contributed by atoms with E-state index in [9.17, 15) is 4.79 Å². The van der Waals surface area contributed by atoms with Crippen molar-refractivity contribution in [2.24, 2.45) is 5.10 Å². The number of benzene rings is 2. The van der Waals surface area contributed by atoms with Crippen LogP contribution in [-0.4, -0.2) is 18.7 Å². The smallest absolute Gasteiger partial charge is 0.277 e. The van der Waals surface area contributed by atoms with E-state index < -0.39 is 0 Å². The van der Waals surface area contributed by atoms with E-state index >= 15 is 0 Å². The van der Waals surface area contributed by atoms with Gasteiger partial charge in [-0.1, -0.05) is 77.1 Å². The maximum absolute atomic E-state index is 12.0. The highest BCUT2D eigenvalue weighted by Gasteiger charge is 2.18. The van der Waals surface area contributed by atoms with Crippen molar-refractivity contribution < 1.29 is 9.53 Å². The lowest BCUT2D eigenvalue weighted by Gasteiger charge is -2.22. The number of ether oxygens (including phenoxy) is 1. The van der Waals surface area contributed by atoms with Crippen LogP contribution in [0, 0.1) is 0 Å². The summed E-state index contributed by atoms with van der Waals surface area (Å²) in [6.07, 6.45) is 1.63. The molecule has 0 fully saturated rings. The largest absolute Gasteiger partial charge is 0.483 e. The van der Waals surface area contributed by atoms with Crippen LogP contribution < -0.4 is 10.2 Å². The molecule has 4 nitrogen and oxygen atoms in total. The monoisotopic (exact) mass is 352 g/mol. The molecule has 0 spiro atoms. The summed E-state index contributed by atoms with van der Waals surface area (Å²) in [4.78, 5) is 12.0. The number of nitrogens with one attached hydrogen (secondary N) is 1. The zero-order valence-corrected chi connectivity index (χ0v) is 16.2. The van der Waals surface area contributed by atoms with Crippen LogP contribution in [0.4, 0.5) is 0 Å². The number of para-hydroxylation sites is 1. The third-order valence-electron chi connectivity index (χ3n) is 4.06. The minimum absolute atomic E-state index is 0.0482. The molecule has 4 heteroatoms. The lowest BCUT2D eigenvalue weighted by Crippen LogP contribution is -2.25. The van der Waals surface area contributed by atoms with Gasteiger partial charge in [-0.25, -0.2) is 5.43 Å². The average molecular weight is 352 g/mol. The van der Waals surface area contributed by atoms with Crippen LogP contribution in [0.15, 0.2) is 53.6 Å². The number of hydrogen-bond donors (Lipinski definition) is 1. The molecule has 0 atom stereocenters. The standard InChI is InChI=1S/C22H28N2O2/c1-16(2)18-12-10-17(11-13-18)14-23-24-21(25)15-26-20-9-7-6-8-19(20)22(3,4)5/h6-14,16H,15H2,1-5H3,(H,24,25). The summed E-state index contributed by atoms with van der Waals surface area (Å²) < 4.78 is 5.68. The van der Waals surface area contributed by atoms with Crippen molar-refractivity contribution in [3.8, 4) is 5.75 Å². The molecule has 0 unspecified atom stereocenters. The molecule has 0 heterocycles. The van der Waals surface area contributed by atoms with Crippen LogP contribution in [0.25, 0.3) is 0 Å². The van der Waals surface area contributed by atoms with Crippen molar-refractivity contribution in [3.63, 3.8) is 0 Å². The van der Waals surface area contributed by atoms with Crippen molar-refractivity contribution in [2.45, 2.75) is 46.0 Å². The summed E-state index contributed by atoms with van der Waals surface area (Å²) in [5.74, 6) is 0.931. The Balaban J connectivity index is 1.88. The Bertz CT molecular complexity index is 756. The molecule has 26 heavy (non-hydrogen) atoms. The number of carbonyl (C=O) groups is 1. The van der Waals surface area contributed by atoms with E-state index in [1.807, 2.05) is 36.4 Å². The second-order valence-electron chi connectivity index (χ2n) is 7.65. The van der Waals surface area contributed by atoms with Crippen LogP contribution >= 0.6 is 0 Å². The van der Waals surface area contributed by atoms with E-state index in [1.54, 1.807) is 6.21 Å². The molecule has 138 valence electrons. The van der Waals surface area contributed by atoms with E-state index in [4.69, 9.17) is 4.74 Å². The Kier molecular flexibility index (Phi) is 6.56. The first kappa shape index (κ1) is 19.7. The van der Waals surface area contributed by atoms with Crippen LogP contribution in [-0.2, 0) is 10.2 Å². The predicted molar refractivity (Wildman–Crippen MR) is 107 cm³/mol. The molecule has 0 aromatic heterocycles. The molecule has 2 aromatic rings. The fraction of sp³-hybridized carbons (Fsp3) is 0.364. The summed E-state index contributed by atoms with van der Waals surface area (Å²) in [7, 11) is 0. The number of nitrogens with zero attached hydrogens (tertiary/aromatic N) is 1. The second-order valence-corrected chi connectivity index (χ2v) is 7.65. The van der Waals surface area contributed by atoms with Gasteiger partial charge in [-0.15, -0.1) is 0 Å². The van der Waals surface area contributed by atoms with Crippen LogP contribution in [0.1, 0.15) is 57.2 Å². The first-order valence-corrected chi connectivity index (χ1v) is 8.91. The number of rotatable bonds is 6. The summed E-state index contributed by atoms with van der Waals surface area (Å²) in [5, 5.41) is 3.99. The fourth-order valence-corrected chi connectivity index (χ4v) is 2.53. The molecule has 0 saturated heterocycles. The van der Waals surface area contributed by atoms with Crippen LogP contribution in [0.2, 0.25) is 0 Å². The maximum Gasteiger partial charge on any atom is 0.277 e. The Morgan fingerprint density at radius 2 is 1.77 bits per heavy atom. The summed E-state index contributed by atoms with van der Waals surface area (Å²) in [5.41, 5.74) is 5.74. The molecule has 0 bridgehead atoms. The van der Waals surface area contributed by atoms with Gasteiger partial charge >= 0.3 is 0 Å². The molecule has 0 aliphatic heterocycles. The number of carbonyl (C=O) groups excluding carboxylic acids is 1. The quantitative estimate of drug-likeness (QED) is 0.608. The lowest BCUT2D eigenvalue weighted by molar-refractivity contribution is -0.123. The highest BCUT2D eigenvalue weighted by Crippen LogP contribution is 2.30. The Hall–Kier alpha value is -2.62. The average Bonchev–Trinajstić information content (AvgIpc) is 2.60. The van der Waals surface area contributed by atoms with Crippen molar-refractivity contribution in [1.29, 1.82) is 0 Å². The third-order valence-corrected chi connectivity index (χ3v) is 4.06. The molecule has 2 aromatic carbocycles. The predicted octanol–water partition coefficient (Wildman–Crippen LogP) is 4.64. The topological polar surface area (TPSA) is 50.7 Å². The molecule has 0 aliphatic carbocycles. The maximum atomic E-state index is 12.0.